The molecule has 0 atom stereocenters. The summed E-state index contributed by atoms with van der Waals surface area (Å²) < 4.78 is 37.0. The Labute approximate surface area is 198 Å². The molecule has 0 aliphatic carbocycles. The summed E-state index contributed by atoms with van der Waals surface area (Å²) in [4.78, 5) is 24.5. The van der Waals surface area contributed by atoms with Gasteiger partial charge in [0.2, 0.25) is 15.9 Å². The van der Waals surface area contributed by atoms with Gasteiger partial charge in [-0.25, -0.2) is 13.2 Å². The van der Waals surface area contributed by atoms with E-state index in [1.807, 2.05) is 6.07 Å². The van der Waals surface area contributed by atoms with Crippen molar-refractivity contribution in [3.63, 3.8) is 0 Å². The van der Waals surface area contributed by atoms with E-state index < -0.39 is 16.1 Å². The van der Waals surface area contributed by atoms with Crippen molar-refractivity contribution in [3.8, 4) is 6.07 Å². The van der Waals surface area contributed by atoms with Gasteiger partial charge in [0, 0.05) is 37.5 Å². The highest BCUT2D eigenvalue weighted by Crippen LogP contribution is 2.27. The average molecular weight is 487 g/mol. The third-order valence-electron chi connectivity index (χ3n) is 5.35. The maximum Gasteiger partial charge on any atom is 0.411 e. The number of benzene rings is 2. The topological polar surface area (TPSA) is 138 Å². The Kier molecular flexibility index (Phi) is 8.59. The van der Waals surface area contributed by atoms with Gasteiger partial charge < -0.3 is 14.8 Å². The third-order valence-corrected chi connectivity index (χ3v) is 7.30. The zero-order chi connectivity index (χ0) is 24.6. The summed E-state index contributed by atoms with van der Waals surface area (Å²) >= 11 is 0. The number of sulfonamides is 1. The first-order valence-electron chi connectivity index (χ1n) is 10.7. The van der Waals surface area contributed by atoms with Crippen molar-refractivity contribution in [3.05, 3.63) is 54.1 Å². The Balaban J connectivity index is 1.56. The van der Waals surface area contributed by atoms with E-state index in [-0.39, 0.29) is 48.6 Å². The van der Waals surface area contributed by atoms with Gasteiger partial charge in [-0.15, -0.1) is 0 Å². The molecular weight excluding hydrogens is 460 g/mol. The molecule has 2 aromatic rings. The van der Waals surface area contributed by atoms with Crippen LogP contribution in [0.25, 0.3) is 0 Å². The Morgan fingerprint density at radius 2 is 1.74 bits per heavy atom. The SMILES string of the molecule is COCCOC(=O)Nc1cccc(NC(=O)C2CCN(S(=O)(=O)c3ccccc3C#N)CC2)c1. The lowest BCUT2D eigenvalue weighted by Crippen LogP contribution is -2.41. The summed E-state index contributed by atoms with van der Waals surface area (Å²) in [5.41, 5.74) is 1.05. The first-order valence-corrected chi connectivity index (χ1v) is 12.1. The largest absolute Gasteiger partial charge is 0.447 e. The molecule has 180 valence electrons. The molecule has 34 heavy (non-hydrogen) atoms. The highest BCUT2D eigenvalue weighted by Gasteiger charge is 2.33. The van der Waals surface area contributed by atoms with Crippen molar-refractivity contribution in [1.82, 2.24) is 4.31 Å². The summed E-state index contributed by atoms with van der Waals surface area (Å²) in [5, 5.41) is 14.6. The predicted octanol–water partition coefficient (Wildman–Crippen LogP) is 2.79. The molecule has 10 nitrogen and oxygen atoms in total. The lowest BCUT2D eigenvalue weighted by molar-refractivity contribution is -0.120. The summed E-state index contributed by atoms with van der Waals surface area (Å²) in [6.07, 6.45) is 0.0692. The van der Waals surface area contributed by atoms with Gasteiger partial charge in [0.05, 0.1) is 17.1 Å². The van der Waals surface area contributed by atoms with Crippen LogP contribution >= 0.6 is 0 Å². The molecule has 2 aromatic carbocycles. The quantitative estimate of drug-likeness (QED) is 0.547. The zero-order valence-corrected chi connectivity index (χ0v) is 19.5. The summed E-state index contributed by atoms with van der Waals surface area (Å²) in [6, 6.07) is 14.6. The van der Waals surface area contributed by atoms with Crippen LogP contribution in [-0.2, 0) is 24.3 Å². The second-order valence-corrected chi connectivity index (χ2v) is 9.52. The van der Waals surface area contributed by atoms with Gasteiger partial charge >= 0.3 is 6.09 Å². The molecule has 1 heterocycles. The van der Waals surface area contributed by atoms with Crippen LogP contribution in [0.15, 0.2) is 53.4 Å². The molecule has 11 heteroatoms. The number of carbonyl (C=O) groups is 2. The molecule has 1 aliphatic rings. The third kappa shape index (κ3) is 6.32. The number of ether oxygens (including phenoxy) is 2. The number of hydrogen-bond donors (Lipinski definition) is 2. The minimum Gasteiger partial charge on any atom is -0.447 e. The van der Waals surface area contributed by atoms with E-state index in [0.29, 0.717) is 24.2 Å². The van der Waals surface area contributed by atoms with Crippen LogP contribution in [0.4, 0.5) is 16.2 Å². The number of nitrogens with one attached hydrogen (secondary N) is 2. The molecule has 0 aromatic heterocycles. The van der Waals surface area contributed by atoms with Gasteiger partial charge in [-0.2, -0.15) is 9.57 Å². The van der Waals surface area contributed by atoms with E-state index in [2.05, 4.69) is 10.6 Å². The van der Waals surface area contributed by atoms with Crippen molar-refractivity contribution in [1.29, 1.82) is 5.26 Å². The van der Waals surface area contributed by atoms with E-state index >= 15 is 0 Å². The Morgan fingerprint density at radius 1 is 1.06 bits per heavy atom. The monoisotopic (exact) mass is 486 g/mol. The van der Waals surface area contributed by atoms with Crippen LogP contribution in [-0.4, -0.2) is 58.1 Å². The smallest absolute Gasteiger partial charge is 0.411 e. The molecule has 1 saturated heterocycles. The van der Waals surface area contributed by atoms with E-state index in [1.54, 1.807) is 36.4 Å². The minimum atomic E-state index is -3.82. The van der Waals surface area contributed by atoms with Crippen molar-refractivity contribution in [2.75, 3.05) is 44.0 Å². The number of hydrogen-bond acceptors (Lipinski definition) is 7. The molecule has 0 saturated carbocycles. The normalized spacial score (nSPS) is 14.7. The van der Waals surface area contributed by atoms with Crippen LogP contribution in [0, 0.1) is 17.2 Å². The van der Waals surface area contributed by atoms with Crippen LogP contribution < -0.4 is 10.6 Å². The second kappa shape index (κ2) is 11.6. The fourth-order valence-electron chi connectivity index (χ4n) is 3.57. The van der Waals surface area contributed by atoms with Gasteiger partial charge in [-0.05, 0) is 43.2 Å². The summed E-state index contributed by atoms with van der Waals surface area (Å²) in [5.74, 6) is -0.595. The first-order chi connectivity index (χ1) is 16.3. The first kappa shape index (κ1) is 25.2. The van der Waals surface area contributed by atoms with E-state index in [0.717, 1.165) is 0 Å². The molecule has 0 spiro atoms. The van der Waals surface area contributed by atoms with Crippen LogP contribution in [0.3, 0.4) is 0 Å². The van der Waals surface area contributed by atoms with Crippen molar-refractivity contribution in [2.45, 2.75) is 17.7 Å². The Morgan fingerprint density at radius 3 is 2.41 bits per heavy atom. The number of methoxy groups -OCH3 is 1. The molecule has 0 unspecified atom stereocenters. The van der Waals surface area contributed by atoms with Crippen LogP contribution in [0.1, 0.15) is 18.4 Å². The summed E-state index contributed by atoms with van der Waals surface area (Å²) in [7, 11) is -2.32. The number of anilines is 2. The molecule has 3 rings (SSSR count). The van der Waals surface area contributed by atoms with Crippen molar-refractivity contribution in [2.24, 2.45) is 5.92 Å². The fourth-order valence-corrected chi connectivity index (χ4v) is 5.18. The maximum atomic E-state index is 13.0. The second-order valence-electron chi connectivity index (χ2n) is 7.61. The molecule has 0 bridgehead atoms. The van der Waals surface area contributed by atoms with E-state index in [9.17, 15) is 23.3 Å². The average Bonchev–Trinajstić information content (AvgIpc) is 2.84. The van der Waals surface area contributed by atoms with Gasteiger partial charge in [-0.1, -0.05) is 18.2 Å². The van der Waals surface area contributed by atoms with Gasteiger partial charge in [0.25, 0.3) is 0 Å². The van der Waals surface area contributed by atoms with Gasteiger partial charge in [-0.3, -0.25) is 10.1 Å². The van der Waals surface area contributed by atoms with Gasteiger partial charge in [0.15, 0.2) is 0 Å². The molecule has 1 aliphatic heterocycles. The number of piperidine rings is 1. The van der Waals surface area contributed by atoms with E-state index in [4.69, 9.17) is 9.47 Å². The molecule has 1 fully saturated rings. The molecule has 2 amide bonds. The molecule has 2 N–H and O–H groups in total. The fraction of sp³-hybridized carbons (Fsp3) is 0.348. The maximum absolute atomic E-state index is 13.0. The Hall–Kier alpha value is -3.46. The standard InChI is InChI=1S/C23H26N4O6S/c1-32-13-14-33-23(29)26-20-7-4-6-19(15-20)25-22(28)17-9-11-27(12-10-17)34(30,31)21-8-3-2-5-18(21)16-24/h2-8,15,17H,9-14H2,1H3,(H,25,28)(H,26,29). The van der Waals surface area contributed by atoms with Crippen LogP contribution in [0.2, 0.25) is 0 Å². The van der Waals surface area contributed by atoms with Crippen LogP contribution in [0.5, 0.6) is 0 Å². The minimum absolute atomic E-state index is 0.0227. The number of carbonyl (C=O) groups excluding carboxylic acids is 2. The molecular formula is C23H26N4O6S. The lowest BCUT2D eigenvalue weighted by Gasteiger charge is -2.30. The molecule has 0 radical (unpaired) electrons. The predicted molar refractivity (Wildman–Crippen MR) is 125 cm³/mol. The van der Waals surface area contributed by atoms with E-state index in [1.165, 1.54) is 23.5 Å². The number of rotatable bonds is 8. The van der Waals surface area contributed by atoms with Crippen molar-refractivity contribution >= 4 is 33.4 Å². The number of amides is 2. The van der Waals surface area contributed by atoms with Gasteiger partial charge in [0.1, 0.15) is 12.7 Å². The highest BCUT2D eigenvalue weighted by atomic mass is 32.2. The Bertz CT molecular complexity index is 1170. The number of nitriles is 1. The number of nitrogens with zero attached hydrogens (tertiary/aromatic N) is 2. The lowest BCUT2D eigenvalue weighted by atomic mass is 9.97. The summed E-state index contributed by atoms with van der Waals surface area (Å²) in [6.45, 7) is 0.758. The highest BCUT2D eigenvalue weighted by molar-refractivity contribution is 7.89. The zero-order valence-electron chi connectivity index (χ0n) is 18.7. The van der Waals surface area contributed by atoms with Crippen molar-refractivity contribution < 1.29 is 27.5 Å².